The summed E-state index contributed by atoms with van der Waals surface area (Å²) in [5.74, 6) is -1.97. The Bertz CT molecular complexity index is 448. The number of anilines is 1. The number of nitrogens with zero attached hydrogens (tertiary/aromatic N) is 1. The topological polar surface area (TPSA) is 115 Å². The van der Waals surface area contributed by atoms with Crippen molar-refractivity contribution in [2.75, 3.05) is 18.0 Å². The highest BCUT2D eigenvalue weighted by molar-refractivity contribution is 5.85. The Morgan fingerprint density at radius 1 is 1.17 bits per heavy atom. The Kier molecular flexibility index (Phi) is 4.61. The summed E-state index contributed by atoms with van der Waals surface area (Å²) in [5.41, 5.74) is 16.2. The summed E-state index contributed by atoms with van der Waals surface area (Å²) in [5, 5.41) is 0. The molecule has 0 aromatic heterocycles. The molecule has 6 N–H and O–H groups in total. The summed E-state index contributed by atoms with van der Waals surface area (Å²) >= 11 is 0. The second kappa shape index (κ2) is 5.97. The number of rotatable bonds is 6. The van der Waals surface area contributed by atoms with Crippen LogP contribution in [0.1, 0.15) is 5.56 Å². The molecule has 0 aliphatic carbocycles. The number of para-hydroxylation sites is 1. The molecule has 1 aromatic rings. The number of primary amides is 2. The highest BCUT2D eigenvalue weighted by Gasteiger charge is 2.18. The summed E-state index contributed by atoms with van der Waals surface area (Å²) in [6, 6.07) is 4.31. The number of hydrogen-bond donors (Lipinski definition) is 3. The molecule has 18 heavy (non-hydrogen) atoms. The number of halogens is 1. The van der Waals surface area contributed by atoms with Gasteiger partial charge in [0.15, 0.2) is 0 Å². The van der Waals surface area contributed by atoms with Crippen molar-refractivity contribution < 1.29 is 14.0 Å². The average Bonchev–Trinajstić information content (AvgIpc) is 2.26. The second-order valence-electron chi connectivity index (χ2n) is 3.74. The monoisotopic (exact) mass is 254 g/mol. The van der Waals surface area contributed by atoms with Crippen molar-refractivity contribution in [2.45, 2.75) is 6.54 Å². The van der Waals surface area contributed by atoms with Gasteiger partial charge in [0, 0.05) is 6.54 Å². The molecule has 0 spiro atoms. The van der Waals surface area contributed by atoms with Crippen molar-refractivity contribution in [3.05, 3.63) is 29.6 Å². The first-order chi connectivity index (χ1) is 8.45. The van der Waals surface area contributed by atoms with Crippen LogP contribution in [0.25, 0.3) is 0 Å². The number of benzene rings is 1. The largest absolute Gasteiger partial charge is 0.368 e. The van der Waals surface area contributed by atoms with Crippen LogP contribution in [0.5, 0.6) is 0 Å². The molecule has 0 aliphatic heterocycles. The maximum atomic E-state index is 13.8. The SMILES string of the molecule is NCc1cccc(F)c1N(CC(N)=O)CC(N)=O. The minimum atomic E-state index is -0.692. The smallest absolute Gasteiger partial charge is 0.236 e. The summed E-state index contributed by atoms with van der Waals surface area (Å²) in [6.45, 7) is -0.547. The lowest BCUT2D eigenvalue weighted by molar-refractivity contribution is -0.117. The van der Waals surface area contributed by atoms with Gasteiger partial charge in [0.05, 0.1) is 18.8 Å². The van der Waals surface area contributed by atoms with Gasteiger partial charge in [-0.2, -0.15) is 0 Å². The van der Waals surface area contributed by atoms with Crippen LogP contribution in [0.3, 0.4) is 0 Å². The molecular formula is C11H15FN4O2. The first-order valence-corrected chi connectivity index (χ1v) is 5.24. The fourth-order valence-corrected chi connectivity index (χ4v) is 1.67. The second-order valence-corrected chi connectivity index (χ2v) is 3.74. The highest BCUT2D eigenvalue weighted by atomic mass is 19.1. The molecule has 0 saturated heterocycles. The molecule has 0 aliphatic rings. The fourth-order valence-electron chi connectivity index (χ4n) is 1.67. The van der Waals surface area contributed by atoms with Crippen molar-refractivity contribution in [1.29, 1.82) is 0 Å². The molecule has 0 heterocycles. The van der Waals surface area contributed by atoms with E-state index in [0.29, 0.717) is 5.56 Å². The van der Waals surface area contributed by atoms with Crippen molar-refractivity contribution in [3.63, 3.8) is 0 Å². The van der Waals surface area contributed by atoms with Gasteiger partial charge < -0.3 is 22.1 Å². The molecule has 0 bridgehead atoms. The Hall–Kier alpha value is -2.15. The maximum absolute atomic E-state index is 13.8. The quantitative estimate of drug-likeness (QED) is 0.607. The van der Waals surface area contributed by atoms with E-state index in [1.54, 1.807) is 6.07 Å². The van der Waals surface area contributed by atoms with Crippen molar-refractivity contribution in [1.82, 2.24) is 0 Å². The van der Waals surface area contributed by atoms with Gasteiger partial charge in [-0.05, 0) is 11.6 Å². The average molecular weight is 254 g/mol. The summed E-state index contributed by atoms with van der Waals surface area (Å²) < 4.78 is 13.8. The van der Waals surface area contributed by atoms with Crippen molar-refractivity contribution >= 4 is 17.5 Å². The van der Waals surface area contributed by atoms with Crippen LogP contribution in [0.15, 0.2) is 18.2 Å². The zero-order valence-corrected chi connectivity index (χ0v) is 9.73. The van der Waals surface area contributed by atoms with E-state index in [0.717, 1.165) is 0 Å². The third-order valence-corrected chi connectivity index (χ3v) is 2.30. The Balaban J connectivity index is 3.18. The predicted molar refractivity (Wildman–Crippen MR) is 64.9 cm³/mol. The molecule has 2 amide bonds. The first-order valence-electron chi connectivity index (χ1n) is 5.24. The molecule has 0 atom stereocenters. The number of amides is 2. The highest BCUT2D eigenvalue weighted by Crippen LogP contribution is 2.23. The Morgan fingerprint density at radius 2 is 1.72 bits per heavy atom. The Labute approximate surface area is 104 Å². The van der Waals surface area contributed by atoms with E-state index in [4.69, 9.17) is 17.2 Å². The van der Waals surface area contributed by atoms with Gasteiger partial charge in [0.2, 0.25) is 11.8 Å². The van der Waals surface area contributed by atoms with Crippen LogP contribution in [0.2, 0.25) is 0 Å². The van der Waals surface area contributed by atoms with Gasteiger partial charge in [-0.25, -0.2) is 4.39 Å². The van der Waals surface area contributed by atoms with Crippen LogP contribution in [0.4, 0.5) is 10.1 Å². The van der Waals surface area contributed by atoms with Gasteiger partial charge in [0.25, 0.3) is 0 Å². The molecular weight excluding hydrogens is 239 g/mol. The molecule has 0 unspecified atom stereocenters. The number of hydrogen-bond acceptors (Lipinski definition) is 4. The van der Waals surface area contributed by atoms with E-state index in [-0.39, 0.29) is 25.3 Å². The lowest BCUT2D eigenvalue weighted by atomic mass is 10.1. The Morgan fingerprint density at radius 3 is 2.17 bits per heavy atom. The molecule has 1 aromatic carbocycles. The third-order valence-electron chi connectivity index (χ3n) is 2.30. The van der Waals surface area contributed by atoms with Crippen molar-refractivity contribution in [3.8, 4) is 0 Å². The molecule has 7 heteroatoms. The van der Waals surface area contributed by atoms with Crippen LogP contribution in [0, 0.1) is 5.82 Å². The van der Waals surface area contributed by atoms with Gasteiger partial charge in [-0.15, -0.1) is 0 Å². The standard InChI is InChI=1S/C11H15FN4O2/c12-8-3-1-2-7(4-13)11(8)16(5-9(14)17)6-10(15)18/h1-3H,4-6,13H2,(H2,14,17)(H2,15,18). The zero-order chi connectivity index (χ0) is 13.7. The summed E-state index contributed by atoms with van der Waals surface area (Å²) in [7, 11) is 0. The maximum Gasteiger partial charge on any atom is 0.236 e. The number of carbonyl (C=O) groups is 2. The van der Waals surface area contributed by atoms with Gasteiger partial charge in [0.1, 0.15) is 5.82 Å². The van der Waals surface area contributed by atoms with Crippen LogP contribution in [-0.4, -0.2) is 24.9 Å². The van der Waals surface area contributed by atoms with E-state index < -0.39 is 17.6 Å². The van der Waals surface area contributed by atoms with Crippen molar-refractivity contribution in [2.24, 2.45) is 17.2 Å². The lowest BCUT2D eigenvalue weighted by Crippen LogP contribution is -2.40. The summed E-state index contributed by atoms with van der Waals surface area (Å²) in [6.07, 6.45) is 0. The van der Waals surface area contributed by atoms with E-state index in [2.05, 4.69) is 0 Å². The minimum absolute atomic E-state index is 0.0706. The van der Waals surface area contributed by atoms with Crippen LogP contribution in [-0.2, 0) is 16.1 Å². The fraction of sp³-hybridized carbons (Fsp3) is 0.273. The first kappa shape index (κ1) is 13.9. The normalized spacial score (nSPS) is 10.1. The predicted octanol–water partition coefficient (Wildman–Crippen LogP) is -0.939. The molecule has 1 rings (SSSR count). The number of nitrogens with two attached hydrogens (primary N) is 3. The molecule has 98 valence electrons. The number of carbonyl (C=O) groups excluding carboxylic acids is 2. The molecule has 0 fully saturated rings. The van der Waals surface area contributed by atoms with Gasteiger partial charge >= 0.3 is 0 Å². The lowest BCUT2D eigenvalue weighted by Gasteiger charge is -2.24. The third kappa shape index (κ3) is 3.42. The minimum Gasteiger partial charge on any atom is -0.368 e. The van der Waals surface area contributed by atoms with Crippen LogP contribution >= 0.6 is 0 Å². The van der Waals surface area contributed by atoms with Gasteiger partial charge in [-0.1, -0.05) is 12.1 Å². The van der Waals surface area contributed by atoms with E-state index in [9.17, 15) is 14.0 Å². The molecule has 0 saturated carbocycles. The van der Waals surface area contributed by atoms with E-state index in [1.807, 2.05) is 0 Å². The zero-order valence-electron chi connectivity index (χ0n) is 9.73. The molecule has 6 nitrogen and oxygen atoms in total. The van der Waals surface area contributed by atoms with Gasteiger partial charge in [-0.3, -0.25) is 9.59 Å². The van der Waals surface area contributed by atoms with Crippen LogP contribution < -0.4 is 22.1 Å². The summed E-state index contributed by atoms with van der Waals surface area (Å²) in [4.78, 5) is 23.1. The van der Waals surface area contributed by atoms with E-state index >= 15 is 0 Å². The molecule has 0 radical (unpaired) electrons. The van der Waals surface area contributed by atoms with E-state index in [1.165, 1.54) is 17.0 Å².